The van der Waals surface area contributed by atoms with Crippen molar-refractivity contribution in [2.75, 3.05) is 6.54 Å². The van der Waals surface area contributed by atoms with Gasteiger partial charge in [0.2, 0.25) is 0 Å². The van der Waals surface area contributed by atoms with Crippen molar-refractivity contribution in [2.45, 2.75) is 12.7 Å². The van der Waals surface area contributed by atoms with Crippen LogP contribution in [0.25, 0.3) is 16.8 Å². The van der Waals surface area contributed by atoms with E-state index in [-0.39, 0.29) is 24.7 Å². The van der Waals surface area contributed by atoms with Crippen molar-refractivity contribution in [3.05, 3.63) is 80.8 Å². The van der Waals surface area contributed by atoms with Gasteiger partial charge in [0.25, 0.3) is 0 Å². The van der Waals surface area contributed by atoms with Gasteiger partial charge in [-0.1, -0.05) is 35.9 Å². The van der Waals surface area contributed by atoms with Crippen LogP contribution in [0.3, 0.4) is 0 Å². The summed E-state index contributed by atoms with van der Waals surface area (Å²) in [6.45, 7) is 0.117. The van der Waals surface area contributed by atoms with Crippen LogP contribution in [0.15, 0.2) is 59.7 Å². The Hall–Kier alpha value is -2.84. The summed E-state index contributed by atoms with van der Waals surface area (Å²) in [6, 6.07) is 12.1. The van der Waals surface area contributed by atoms with Crippen LogP contribution in [0.1, 0.15) is 16.1 Å². The number of amidine groups is 1. The summed E-state index contributed by atoms with van der Waals surface area (Å²) in [5, 5.41) is 21.8. The SMILES string of the molecule is N=C1C(c2nc(-c3ccc(Cl)cc3)cs2)=C(O)CN1Cc1cccc(C(F)(F)F)c1. The predicted octanol–water partition coefficient (Wildman–Crippen LogP) is 6.24. The molecule has 3 aromatic rings. The summed E-state index contributed by atoms with van der Waals surface area (Å²) in [6.07, 6.45) is -4.43. The highest BCUT2D eigenvalue weighted by Gasteiger charge is 2.32. The monoisotopic (exact) mass is 449 g/mol. The molecule has 2 N–H and O–H groups in total. The largest absolute Gasteiger partial charge is 0.510 e. The molecule has 1 aromatic heterocycles. The first-order valence-corrected chi connectivity index (χ1v) is 10.1. The van der Waals surface area contributed by atoms with Crippen molar-refractivity contribution in [2.24, 2.45) is 0 Å². The predicted molar refractivity (Wildman–Crippen MR) is 112 cm³/mol. The summed E-state index contributed by atoms with van der Waals surface area (Å²) in [5.74, 6) is 0.00546. The lowest BCUT2D eigenvalue weighted by molar-refractivity contribution is -0.137. The maximum atomic E-state index is 12.9. The Morgan fingerprint density at radius 3 is 2.60 bits per heavy atom. The van der Waals surface area contributed by atoms with E-state index in [9.17, 15) is 18.3 Å². The smallest absolute Gasteiger partial charge is 0.416 e. The van der Waals surface area contributed by atoms with E-state index < -0.39 is 11.7 Å². The zero-order valence-electron chi connectivity index (χ0n) is 15.4. The molecular weight excluding hydrogens is 435 g/mol. The van der Waals surface area contributed by atoms with Gasteiger partial charge in [-0.05, 0) is 29.8 Å². The van der Waals surface area contributed by atoms with Gasteiger partial charge in [0, 0.05) is 22.5 Å². The lowest BCUT2D eigenvalue weighted by Gasteiger charge is -2.19. The fourth-order valence-corrected chi connectivity index (χ4v) is 4.22. The van der Waals surface area contributed by atoms with Gasteiger partial charge in [-0.3, -0.25) is 5.41 Å². The number of alkyl halides is 3. The standard InChI is InChI=1S/C21H15ClF3N3OS/c22-15-6-4-13(5-7-15)16-11-30-20(27-16)18-17(29)10-28(19(18)26)9-12-2-1-3-14(8-12)21(23,24)25/h1-8,11,26,29H,9-10H2. The molecule has 0 amide bonds. The van der Waals surface area contributed by atoms with E-state index in [0.29, 0.717) is 26.9 Å². The van der Waals surface area contributed by atoms with Crippen LogP contribution < -0.4 is 0 Å². The van der Waals surface area contributed by atoms with E-state index in [1.165, 1.54) is 22.3 Å². The van der Waals surface area contributed by atoms with Crippen LogP contribution in [0.2, 0.25) is 5.02 Å². The number of aliphatic hydroxyl groups excluding tert-OH is 1. The van der Waals surface area contributed by atoms with Gasteiger partial charge in [0.05, 0.1) is 23.4 Å². The number of hydrogen-bond donors (Lipinski definition) is 2. The molecule has 0 saturated heterocycles. The van der Waals surface area contributed by atoms with Gasteiger partial charge >= 0.3 is 6.18 Å². The third-order valence-corrected chi connectivity index (χ3v) is 5.78. The summed E-state index contributed by atoms with van der Waals surface area (Å²) in [7, 11) is 0. The van der Waals surface area contributed by atoms with Gasteiger partial charge in [-0.15, -0.1) is 11.3 Å². The fraction of sp³-hybridized carbons (Fsp3) is 0.143. The number of rotatable bonds is 4. The number of nitrogens with zero attached hydrogens (tertiary/aromatic N) is 2. The average molecular weight is 450 g/mol. The second-order valence-electron chi connectivity index (χ2n) is 6.77. The Bertz CT molecular complexity index is 1140. The summed E-state index contributed by atoms with van der Waals surface area (Å²) < 4.78 is 38.8. The fourth-order valence-electron chi connectivity index (χ4n) is 3.20. The first-order chi connectivity index (χ1) is 14.2. The van der Waals surface area contributed by atoms with Crippen LogP contribution in [0.4, 0.5) is 13.2 Å². The number of aromatic nitrogens is 1. The molecule has 1 aliphatic heterocycles. The minimum absolute atomic E-state index is 0.0241. The van der Waals surface area contributed by atoms with E-state index in [0.717, 1.165) is 17.7 Å². The molecule has 0 atom stereocenters. The van der Waals surface area contributed by atoms with Gasteiger partial charge < -0.3 is 10.0 Å². The molecule has 2 aromatic carbocycles. The van der Waals surface area contributed by atoms with Crippen LogP contribution in [0.5, 0.6) is 0 Å². The molecule has 0 radical (unpaired) electrons. The van der Waals surface area contributed by atoms with Crippen molar-refractivity contribution < 1.29 is 18.3 Å². The molecule has 0 fully saturated rings. The summed E-state index contributed by atoms with van der Waals surface area (Å²) in [4.78, 5) is 6.04. The molecule has 9 heteroatoms. The van der Waals surface area contributed by atoms with E-state index >= 15 is 0 Å². The van der Waals surface area contributed by atoms with Crippen molar-refractivity contribution in [3.8, 4) is 11.3 Å². The van der Waals surface area contributed by atoms with Gasteiger partial charge in [0.15, 0.2) is 0 Å². The minimum Gasteiger partial charge on any atom is -0.510 e. The number of thiazole rings is 1. The molecule has 0 unspecified atom stereocenters. The van der Waals surface area contributed by atoms with E-state index in [4.69, 9.17) is 17.0 Å². The van der Waals surface area contributed by atoms with Crippen molar-refractivity contribution in [1.29, 1.82) is 5.41 Å². The molecule has 1 aliphatic rings. The third-order valence-electron chi connectivity index (χ3n) is 4.67. The summed E-state index contributed by atoms with van der Waals surface area (Å²) >= 11 is 7.20. The average Bonchev–Trinajstić information content (AvgIpc) is 3.27. The second kappa shape index (κ2) is 7.77. The Morgan fingerprint density at radius 2 is 1.90 bits per heavy atom. The zero-order chi connectivity index (χ0) is 21.5. The number of nitrogens with one attached hydrogen (secondary N) is 1. The maximum absolute atomic E-state index is 12.9. The molecule has 4 nitrogen and oxygen atoms in total. The topological polar surface area (TPSA) is 60.2 Å². The molecule has 30 heavy (non-hydrogen) atoms. The second-order valence-corrected chi connectivity index (χ2v) is 8.06. The highest BCUT2D eigenvalue weighted by Crippen LogP contribution is 2.34. The molecular formula is C21H15ClF3N3OS. The van der Waals surface area contributed by atoms with Crippen LogP contribution >= 0.6 is 22.9 Å². The van der Waals surface area contributed by atoms with E-state index in [1.54, 1.807) is 18.2 Å². The minimum atomic E-state index is -4.43. The van der Waals surface area contributed by atoms with Crippen molar-refractivity contribution in [3.63, 3.8) is 0 Å². The normalized spacial score (nSPS) is 14.7. The Balaban J connectivity index is 1.54. The molecule has 0 spiro atoms. The van der Waals surface area contributed by atoms with Crippen molar-refractivity contribution in [1.82, 2.24) is 9.88 Å². The number of aliphatic hydroxyl groups is 1. The maximum Gasteiger partial charge on any atom is 0.416 e. The quantitative estimate of drug-likeness (QED) is 0.495. The molecule has 2 heterocycles. The van der Waals surface area contributed by atoms with Gasteiger partial charge in [-0.2, -0.15) is 13.2 Å². The van der Waals surface area contributed by atoms with Crippen LogP contribution in [0, 0.1) is 5.41 Å². The first kappa shape index (κ1) is 20.4. The van der Waals surface area contributed by atoms with Gasteiger partial charge in [0.1, 0.15) is 16.6 Å². The van der Waals surface area contributed by atoms with Crippen LogP contribution in [-0.4, -0.2) is 27.4 Å². The highest BCUT2D eigenvalue weighted by molar-refractivity contribution is 7.11. The number of benzene rings is 2. The van der Waals surface area contributed by atoms with Crippen LogP contribution in [-0.2, 0) is 12.7 Å². The van der Waals surface area contributed by atoms with Gasteiger partial charge in [-0.25, -0.2) is 4.98 Å². The molecule has 4 rings (SSSR count). The van der Waals surface area contributed by atoms with E-state index in [2.05, 4.69) is 4.98 Å². The molecule has 0 saturated carbocycles. The number of halogens is 4. The Morgan fingerprint density at radius 1 is 1.17 bits per heavy atom. The molecule has 154 valence electrons. The highest BCUT2D eigenvalue weighted by atomic mass is 35.5. The Labute approximate surface area is 179 Å². The third kappa shape index (κ3) is 4.06. The molecule has 0 bridgehead atoms. The van der Waals surface area contributed by atoms with Crippen molar-refractivity contribution >= 4 is 34.3 Å². The summed E-state index contributed by atoms with van der Waals surface area (Å²) in [5.41, 5.74) is 1.51. The van der Waals surface area contributed by atoms with E-state index in [1.807, 2.05) is 17.5 Å². The number of hydrogen-bond acceptors (Lipinski definition) is 4. The molecule has 0 aliphatic carbocycles. The lowest BCUT2D eigenvalue weighted by Crippen LogP contribution is -2.26. The Kier molecular flexibility index (Phi) is 5.29. The lowest BCUT2D eigenvalue weighted by atomic mass is 10.1. The first-order valence-electron chi connectivity index (χ1n) is 8.86. The zero-order valence-corrected chi connectivity index (χ0v) is 16.9.